The van der Waals surface area contributed by atoms with E-state index in [2.05, 4.69) is 27.8 Å². The van der Waals surface area contributed by atoms with Crippen molar-refractivity contribution in [1.82, 2.24) is 25.5 Å². The van der Waals surface area contributed by atoms with Gasteiger partial charge >= 0.3 is 0 Å². The van der Waals surface area contributed by atoms with E-state index in [9.17, 15) is 4.79 Å². The maximum atomic E-state index is 12.8. The average Bonchev–Trinajstić information content (AvgIpc) is 3.15. The van der Waals surface area contributed by atoms with Crippen LogP contribution in [0.1, 0.15) is 55.8 Å². The lowest BCUT2D eigenvalue weighted by Crippen LogP contribution is -2.55. The summed E-state index contributed by atoms with van der Waals surface area (Å²) in [5.41, 5.74) is 1.87. The molecule has 136 valence electrons. The van der Waals surface area contributed by atoms with E-state index < -0.39 is 0 Å². The number of carbonyl (C=O) groups excluding carboxylic acids is 1. The Hall–Kier alpha value is -2.24. The van der Waals surface area contributed by atoms with Gasteiger partial charge in [-0.25, -0.2) is 4.68 Å². The molecule has 4 fully saturated rings. The van der Waals surface area contributed by atoms with E-state index in [1.54, 1.807) is 11.0 Å². The molecule has 4 bridgehead atoms. The number of tetrazole rings is 1. The summed E-state index contributed by atoms with van der Waals surface area (Å²) >= 11 is 0. The van der Waals surface area contributed by atoms with Crippen molar-refractivity contribution in [2.45, 2.75) is 51.5 Å². The molecular weight excluding hydrogens is 326 g/mol. The first-order chi connectivity index (χ1) is 12.6. The summed E-state index contributed by atoms with van der Waals surface area (Å²) in [4.78, 5) is 12.8. The molecule has 6 rings (SSSR count). The molecule has 4 aliphatic rings. The number of carbonyl (C=O) groups is 1. The fourth-order valence-corrected chi connectivity index (χ4v) is 6.19. The molecule has 1 aromatic carbocycles. The molecule has 1 amide bonds. The van der Waals surface area contributed by atoms with Crippen molar-refractivity contribution in [3.63, 3.8) is 0 Å². The van der Waals surface area contributed by atoms with Gasteiger partial charge in [0.2, 0.25) is 0 Å². The number of hydrogen-bond acceptors (Lipinski definition) is 4. The Morgan fingerprint density at radius 3 is 2.27 bits per heavy atom. The molecule has 6 nitrogen and oxygen atoms in total. The minimum absolute atomic E-state index is 0.0245. The summed E-state index contributed by atoms with van der Waals surface area (Å²) in [6.45, 7) is 2.22. The molecule has 2 aromatic rings. The summed E-state index contributed by atoms with van der Waals surface area (Å²) in [5.74, 6) is 2.72. The third-order valence-corrected chi connectivity index (χ3v) is 7.09. The smallest absolute Gasteiger partial charge is 0.251 e. The Bertz CT molecular complexity index is 763. The largest absolute Gasteiger partial charge is 0.349 e. The SMILES string of the molecule is CC(NC(=O)c1ccc(-n2cnnn2)cc1)C12CC3CC(CC(C3)C1)C2. The molecule has 4 saturated carbocycles. The van der Waals surface area contributed by atoms with E-state index in [0.29, 0.717) is 11.0 Å². The highest BCUT2D eigenvalue weighted by Crippen LogP contribution is 2.61. The molecule has 0 saturated heterocycles. The normalized spacial score (nSPS) is 33.2. The number of rotatable bonds is 4. The highest BCUT2D eigenvalue weighted by atomic mass is 16.1. The van der Waals surface area contributed by atoms with E-state index in [4.69, 9.17) is 0 Å². The van der Waals surface area contributed by atoms with Gasteiger partial charge in [-0.3, -0.25) is 4.79 Å². The van der Waals surface area contributed by atoms with E-state index in [1.165, 1.54) is 38.5 Å². The second-order valence-corrected chi connectivity index (χ2v) is 8.78. The molecular formula is C20H25N5O. The van der Waals surface area contributed by atoms with Crippen molar-refractivity contribution in [2.24, 2.45) is 23.2 Å². The fourth-order valence-electron chi connectivity index (χ4n) is 6.19. The Morgan fingerprint density at radius 1 is 1.12 bits per heavy atom. The predicted octanol–water partition coefficient (Wildman–Crippen LogP) is 3.00. The first-order valence-corrected chi connectivity index (χ1v) is 9.76. The van der Waals surface area contributed by atoms with E-state index in [-0.39, 0.29) is 11.9 Å². The van der Waals surface area contributed by atoms with Crippen molar-refractivity contribution in [1.29, 1.82) is 0 Å². The van der Waals surface area contributed by atoms with Crippen LogP contribution >= 0.6 is 0 Å². The molecule has 26 heavy (non-hydrogen) atoms. The van der Waals surface area contributed by atoms with Crippen LogP contribution in [-0.4, -0.2) is 32.2 Å². The van der Waals surface area contributed by atoms with Crippen LogP contribution in [0.25, 0.3) is 5.69 Å². The van der Waals surface area contributed by atoms with Gasteiger partial charge in [-0.2, -0.15) is 0 Å². The fraction of sp³-hybridized carbons (Fsp3) is 0.600. The van der Waals surface area contributed by atoms with Gasteiger partial charge < -0.3 is 5.32 Å². The van der Waals surface area contributed by atoms with Gasteiger partial charge in [0.1, 0.15) is 6.33 Å². The van der Waals surface area contributed by atoms with Crippen LogP contribution in [0, 0.1) is 23.2 Å². The van der Waals surface area contributed by atoms with Gasteiger partial charge in [0.25, 0.3) is 5.91 Å². The Labute approximate surface area is 153 Å². The van der Waals surface area contributed by atoms with Crippen LogP contribution in [0.15, 0.2) is 30.6 Å². The van der Waals surface area contributed by atoms with E-state index in [0.717, 1.165) is 23.4 Å². The number of nitrogens with zero attached hydrogens (tertiary/aromatic N) is 4. The third-order valence-electron chi connectivity index (χ3n) is 7.09. The minimum Gasteiger partial charge on any atom is -0.349 e. The highest BCUT2D eigenvalue weighted by molar-refractivity contribution is 5.94. The zero-order chi connectivity index (χ0) is 17.7. The van der Waals surface area contributed by atoms with Crippen molar-refractivity contribution in [3.05, 3.63) is 36.2 Å². The Balaban J connectivity index is 1.29. The first-order valence-electron chi connectivity index (χ1n) is 9.76. The van der Waals surface area contributed by atoms with E-state index in [1.807, 2.05) is 24.3 Å². The molecule has 4 aliphatic carbocycles. The summed E-state index contributed by atoms with van der Waals surface area (Å²) in [5, 5.41) is 14.5. The maximum Gasteiger partial charge on any atom is 0.251 e. The highest BCUT2D eigenvalue weighted by Gasteiger charge is 2.53. The van der Waals surface area contributed by atoms with Crippen molar-refractivity contribution >= 4 is 5.91 Å². The molecule has 6 heteroatoms. The number of amides is 1. The summed E-state index contributed by atoms with van der Waals surface area (Å²) in [6, 6.07) is 7.68. The Kier molecular flexibility index (Phi) is 3.62. The first kappa shape index (κ1) is 16.0. The quantitative estimate of drug-likeness (QED) is 0.919. The monoisotopic (exact) mass is 351 g/mol. The standard InChI is InChI=1S/C20H25N5O/c1-13(20-9-14-6-15(10-20)8-16(7-14)11-20)22-19(26)17-2-4-18(5-3-17)25-12-21-23-24-25/h2-5,12-16H,6-11H2,1H3,(H,22,26). The molecule has 0 radical (unpaired) electrons. The van der Waals surface area contributed by atoms with Crippen LogP contribution in [-0.2, 0) is 0 Å². The molecule has 0 aliphatic heterocycles. The number of benzene rings is 1. The lowest BCUT2D eigenvalue weighted by Gasteiger charge is -2.59. The second-order valence-electron chi connectivity index (χ2n) is 8.78. The van der Waals surface area contributed by atoms with Gasteiger partial charge in [-0.15, -0.1) is 5.10 Å². The zero-order valence-corrected chi connectivity index (χ0v) is 15.1. The summed E-state index contributed by atoms with van der Waals surface area (Å²) in [6.07, 6.45) is 9.75. The van der Waals surface area contributed by atoms with Gasteiger partial charge in [0.15, 0.2) is 0 Å². The third kappa shape index (κ3) is 2.63. The topological polar surface area (TPSA) is 72.7 Å². The Morgan fingerprint density at radius 2 is 1.73 bits per heavy atom. The lowest BCUT2D eigenvalue weighted by molar-refractivity contribution is -0.0688. The van der Waals surface area contributed by atoms with Gasteiger partial charge in [0.05, 0.1) is 5.69 Å². The molecule has 1 heterocycles. The van der Waals surface area contributed by atoms with Crippen LogP contribution in [0.5, 0.6) is 0 Å². The molecule has 1 atom stereocenters. The van der Waals surface area contributed by atoms with Gasteiger partial charge in [-0.05, 0) is 103 Å². The molecule has 1 unspecified atom stereocenters. The maximum absolute atomic E-state index is 12.8. The van der Waals surface area contributed by atoms with Crippen molar-refractivity contribution in [3.8, 4) is 5.69 Å². The number of aromatic nitrogens is 4. The van der Waals surface area contributed by atoms with Crippen LogP contribution in [0.3, 0.4) is 0 Å². The molecule has 1 aromatic heterocycles. The van der Waals surface area contributed by atoms with Gasteiger partial charge in [0, 0.05) is 11.6 Å². The summed E-state index contributed by atoms with van der Waals surface area (Å²) < 4.78 is 1.58. The lowest BCUT2D eigenvalue weighted by atomic mass is 9.48. The minimum atomic E-state index is 0.0245. The van der Waals surface area contributed by atoms with Crippen molar-refractivity contribution < 1.29 is 4.79 Å². The number of hydrogen-bond donors (Lipinski definition) is 1. The zero-order valence-electron chi connectivity index (χ0n) is 15.1. The predicted molar refractivity (Wildman–Crippen MR) is 96.7 cm³/mol. The van der Waals surface area contributed by atoms with Crippen LogP contribution in [0.4, 0.5) is 0 Å². The number of nitrogens with one attached hydrogen (secondary N) is 1. The van der Waals surface area contributed by atoms with E-state index >= 15 is 0 Å². The molecule has 1 N–H and O–H groups in total. The summed E-state index contributed by atoms with van der Waals surface area (Å²) in [7, 11) is 0. The second kappa shape index (κ2) is 5.89. The average molecular weight is 351 g/mol. The van der Waals surface area contributed by atoms with Crippen LogP contribution < -0.4 is 5.32 Å². The van der Waals surface area contributed by atoms with Gasteiger partial charge in [-0.1, -0.05) is 0 Å². The molecule has 0 spiro atoms. The van der Waals surface area contributed by atoms with Crippen LogP contribution in [0.2, 0.25) is 0 Å². The van der Waals surface area contributed by atoms with Crippen molar-refractivity contribution in [2.75, 3.05) is 0 Å².